The van der Waals surface area contributed by atoms with E-state index in [1.165, 1.54) is 5.56 Å². The van der Waals surface area contributed by atoms with Crippen LogP contribution >= 0.6 is 0 Å². The molecule has 1 N–H and O–H groups in total. The molecule has 0 spiro atoms. The predicted octanol–water partition coefficient (Wildman–Crippen LogP) is 2.42. The number of amides is 1. The van der Waals surface area contributed by atoms with Crippen LogP contribution in [0.25, 0.3) is 0 Å². The van der Waals surface area contributed by atoms with Crippen LogP contribution in [0.15, 0.2) is 42.0 Å². The van der Waals surface area contributed by atoms with E-state index in [-0.39, 0.29) is 5.91 Å². The summed E-state index contributed by atoms with van der Waals surface area (Å²) in [7, 11) is 0. The van der Waals surface area contributed by atoms with E-state index in [2.05, 4.69) is 32.2 Å². The first-order valence-corrected chi connectivity index (χ1v) is 8.12. The zero-order chi connectivity index (χ0) is 16.1. The van der Waals surface area contributed by atoms with Crippen molar-refractivity contribution in [2.45, 2.75) is 45.7 Å². The van der Waals surface area contributed by atoms with Crippen molar-refractivity contribution >= 4 is 5.91 Å². The van der Waals surface area contributed by atoms with Crippen molar-refractivity contribution in [2.75, 3.05) is 0 Å². The Labute approximate surface area is 136 Å². The van der Waals surface area contributed by atoms with E-state index in [4.69, 9.17) is 0 Å². The molecule has 5 heteroatoms. The van der Waals surface area contributed by atoms with Crippen molar-refractivity contribution in [1.82, 2.24) is 20.1 Å². The summed E-state index contributed by atoms with van der Waals surface area (Å²) in [5.41, 5.74) is 2.37. The van der Waals surface area contributed by atoms with Gasteiger partial charge in [0.1, 0.15) is 5.82 Å². The van der Waals surface area contributed by atoms with Crippen LogP contribution in [0.3, 0.4) is 0 Å². The minimum absolute atomic E-state index is 0.0640. The van der Waals surface area contributed by atoms with Gasteiger partial charge in [-0.3, -0.25) is 4.79 Å². The molecule has 0 aliphatic carbocycles. The summed E-state index contributed by atoms with van der Waals surface area (Å²) in [5, 5.41) is 11.2. The molecule has 1 aliphatic heterocycles. The lowest BCUT2D eigenvalue weighted by Gasteiger charge is -2.05. The second kappa shape index (κ2) is 7.22. The lowest BCUT2D eigenvalue weighted by Crippen LogP contribution is -2.23. The van der Waals surface area contributed by atoms with E-state index in [1.807, 2.05) is 25.1 Å². The molecule has 1 amide bonds. The van der Waals surface area contributed by atoms with Gasteiger partial charge in [-0.05, 0) is 31.7 Å². The highest BCUT2D eigenvalue weighted by atomic mass is 16.1. The molecule has 1 aromatic carbocycles. The van der Waals surface area contributed by atoms with E-state index < -0.39 is 0 Å². The lowest BCUT2D eigenvalue weighted by atomic mass is 10.1. The summed E-state index contributed by atoms with van der Waals surface area (Å²) in [6, 6.07) is 10.3. The van der Waals surface area contributed by atoms with Crippen LogP contribution in [-0.2, 0) is 30.7 Å². The third-order valence-electron chi connectivity index (χ3n) is 4.14. The molecular weight excluding hydrogens is 288 g/mol. The van der Waals surface area contributed by atoms with Crippen LogP contribution in [0, 0.1) is 0 Å². The highest BCUT2D eigenvalue weighted by Gasteiger charge is 2.17. The Kier molecular flexibility index (Phi) is 4.86. The van der Waals surface area contributed by atoms with Gasteiger partial charge in [0.15, 0.2) is 5.82 Å². The third-order valence-corrected chi connectivity index (χ3v) is 4.14. The van der Waals surface area contributed by atoms with Gasteiger partial charge in [-0.2, -0.15) is 0 Å². The normalized spacial score (nSPS) is 13.9. The monoisotopic (exact) mass is 310 g/mol. The number of nitrogens with one attached hydrogen (secondary N) is 1. The van der Waals surface area contributed by atoms with E-state index in [0.29, 0.717) is 6.54 Å². The highest BCUT2D eigenvalue weighted by Crippen LogP contribution is 2.13. The number of carbonyl (C=O) groups excluding carboxylic acids is 1. The minimum Gasteiger partial charge on any atom is -0.345 e. The number of carbonyl (C=O) groups is 1. The van der Waals surface area contributed by atoms with Crippen molar-refractivity contribution in [2.24, 2.45) is 0 Å². The summed E-state index contributed by atoms with van der Waals surface area (Å²) in [6.45, 7) is 3.39. The maximum Gasteiger partial charge on any atom is 0.244 e. The molecule has 0 unspecified atom stereocenters. The molecule has 0 saturated carbocycles. The van der Waals surface area contributed by atoms with Gasteiger partial charge in [0.25, 0.3) is 0 Å². The molecule has 0 bridgehead atoms. The molecule has 5 nitrogen and oxygen atoms in total. The maximum atomic E-state index is 12.0. The molecular formula is C18H22N4O. The SMILES string of the molecule is CC(=CC(=O)NCc1nnc2n1CCC2)CCc1ccccc1. The number of aromatic nitrogens is 3. The fraction of sp³-hybridized carbons (Fsp3) is 0.389. The van der Waals surface area contributed by atoms with Gasteiger partial charge in [-0.15, -0.1) is 10.2 Å². The summed E-state index contributed by atoms with van der Waals surface area (Å²) < 4.78 is 2.10. The van der Waals surface area contributed by atoms with Crippen LogP contribution in [0.5, 0.6) is 0 Å². The van der Waals surface area contributed by atoms with Crippen LogP contribution in [-0.4, -0.2) is 20.7 Å². The van der Waals surface area contributed by atoms with Gasteiger partial charge in [0.2, 0.25) is 5.91 Å². The first kappa shape index (κ1) is 15.5. The highest BCUT2D eigenvalue weighted by molar-refractivity contribution is 5.88. The van der Waals surface area contributed by atoms with Crippen molar-refractivity contribution in [1.29, 1.82) is 0 Å². The molecule has 23 heavy (non-hydrogen) atoms. The fourth-order valence-electron chi connectivity index (χ4n) is 2.84. The molecule has 120 valence electrons. The number of hydrogen-bond donors (Lipinski definition) is 1. The zero-order valence-corrected chi connectivity index (χ0v) is 13.5. The van der Waals surface area contributed by atoms with Gasteiger partial charge in [-0.25, -0.2) is 0 Å². The quantitative estimate of drug-likeness (QED) is 0.834. The second-order valence-corrected chi connectivity index (χ2v) is 5.98. The van der Waals surface area contributed by atoms with Crippen LogP contribution < -0.4 is 5.32 Å². The number of hydrogen-bond acceptors (Lipinski definition) is 3. The molecule has 0 atom stereocenters. The van der Waals surface area contributed by atoms with Crippen molar-refractivity contribution < 1.29 is 4.79 Å². The molecule has 0 radical (unpaired) electrons. The average Bonchev–Trinajstić information content (AvgIpc) is 3.16. The summed E-state index contributed by atoms with van der Waals surface area (Å²) in [6.07, 6.45) is 5.62. The molecule has 0 saturated heterocycles. The van der Waals surface area contributed by atoms with Crippen molar-refractivity contribution in [3.8, 4) is 0 Å². The summed E-state index contributed by atoms with van der Waals surface area (Å²) in [4.78, 5) is 12.0. The van der Waals surface area contributed by atoms with Crippen molar-refractivity contribution in [3.05, 3.63) is 59.2 Å². The van der Waals surface area contributed by atoms with E-state index in [0.717, 1.165) is 49.4 Å². The number of fused-ring (bicyclic) bond motifs is 1. The molecule has 1 aliphatic rings. The largest absolute Gasteiger partial charge is 0.345 e. The number of aryl methyl sites for hydroxylation is 2. The fourth-order valence-corrected chi connectivity index (χ4v) is 2.84. The van der Waals surface area contributed by atoms with Crippen LogP contribution in [0.4, 0.5) is 0 Å². The van der Waals surface area contributed by atoms with Gasteiger partial charge in [0, 0.05) is 19.0 Å². The second-order valence-electron chi connectivity index (χ2n) is 5.98. The van der Waals surface area contributed by atoms with Gasteiger partial charge < -0.3 is 9.88 Å². The Balaban J connectivity index is 1.48. The maximum absolute atomic E-state index is 12.0. The molecule has 0 fully saturated rings. The van der Waals surface area contributed by atoms with Gasteiger partial charge >= 0.3 is 0 Å². The van der Waals surface area contributed by atoms with Crippen LogP contribution in [0.2, 0.25) is 0 Å². The molecule has 2 heterocycles. The van der Waals surface area contributed by atoms with E-state index in [9.17, 15) is 4.79 Å². The molecule has 1 aromatic heterocycles. The Morgan fingerprint density at radius 1 is 1.30 bits per heavy atom. The molecule has 3 rings (SSSR count). The smallest absolute Gasteiger partial charge is 0.244 e. The minimum atomic E-state index is -0.0640. The Morgan fingerprint density at radius 3 is 2.96 bits per heavy atom. The Morgan fingerprint density at radius 2 is 2.13 bits per heavy atom. The van der Waals surface area contributed by atoms with Crippen molar-refractivity contribution in [3.63, 3.8) is 0 Å². The predicted molar refractivity (Wildman–Crippen MR) is 88.7 cm³/mol. The lowest BCUT2D eigenvalue weighted by molar-refractivity contribution is -0.116. The van der Waals surface area contributed by atoms with Crippen LogP contribution in [0.1, 0.15) is 37.0 Å². The first-order chi connectivity index (χ1) is 11.2. The van der Waals surface area contributed by atoms with E-state index in [1.54, 1.807) is 6.08 Å². The standard InChI is InChI=1S/C18H22N4O/c1-14(9-10-15-6-3-2-4-7-15)12-18(23)19-13-17-21-20-16-8-5-11-22(16)17/h2-4,6-7,12H,5,8-11,13H2,1H3,(H,19,23). The first-order valence-electron chi connectivity index (χ1n) is 8.12. The number of rotatable bonds is 6. The summed E-state index contributed by atoms with van der Waals surface area (Å²) >= 11 is 0. The number of benzene rings is 1. The Hall–Kier alpha value is -2.43. The van der Waals surface area contributed by atoms with E-state index >= 15 is 0 Å². The summed E-state index contributed by atoms with van der Waals surface area (Å²) in [5.74, 6) is 1.82. The van der Waals surface area contributed by atoms with Gasteiger partial charge in [0.05, 0.1) is 6.54 Å². The third kappa shape index (κ3) is 4.06. The zero-order valence-electron chi connectivity index (χ0n) is 13.5. The number of nitrogens with zero attached hydrogens (tertiary/aromatic N) is 3. The topological polar surface area (TPSA) is 59.8 Å². The number of allylic oxidation sites excluding steroid dienone is 1. The average molecular weight is 310 g/mol. The van der Waals surface area contributed by atoms with Gasteiger partial charge in [-0.1, -0.05) is 35.9 Å². The molecule has 2 aromatic rings. The Bertz CT molecular complexity index is 703.